The lowest BCUT2D eigenvalue weighted by molar-refractivity contribution is -0.138. The third kappa shape index (κ3) is 5.22. The predicted octanol–water partition coefficient (Wildman–Crippen LogP) is 5.17. The lowest BCUT2D eigenvalue weighted by atomic mass is 10.0. The van der Waals surface area contributed by atoms with Crippen LogP contribution in [-0.4, -0.2) is 25.2 Å². The van der Waals surface area contributed by atoms with Gasteiger partial charge in [0.1, 0.15) is 17.3 Å². The normalized spacial score (nSPS) is 16.8. The molecule has 0 bridgehead atoms. The van der Waals surface area contributed by atoms with Crippen molar-refractivity contribution in [3.05, 3.63) is 83.9 Å². The van der Waals surface area contributed by atoms with Gasteiger partial charge in [-0.15, -0.1) is 0 Å². The van der Waals surface area contributed by atoms with Gasteiger partial charge >= 0.3 is 5.97 Å². The summed E-state index contributed by atoms with van der Waals surface area (Å²) in [6, 6.07) is 15.0. The fraction of sp³-hybridized carbons (Fsp3) is 0.240. The average molecular weight is 502 g/mol. The molecule has 0 aliphatic carbocycles. The second-order valence-electron chi connectivity index (χ2n) is 8.48. The number of aliphatic carboxylic acids is 1. The number of carboxylic acids is 1. The molecule has 1 atom stereocenters. The van der Waals surface area contributed by atoms with Crippen LogP contribution in [0.15, 0.2) is 71.6 Å². The monoisotopic (exact) mass is 501 g/mol. The Balaban J connectivity index is 1.76. The molecule has 0 aromatic heterocycles. The van der Waals surface area contributed by atoms with Crippen molar-refractivity contribution >= 4 is 33.1 Å². The van der Waals surface area contributed by atoms with Gasteiger partial charge in [0, 0.05) is 0 Å². The Bertz CT molecular complexity index is 1350. The Morgan fingerprint density at radius 2 is 1.69 bits per heavy atom. The zero-order valence-electron chi connectivity index (χ0n) is 19.0. The van der Waals surface area contributed by atoms with Gasteiger partial charge in [-0.2, -0.15) is 0 Å². The highest BCUT2D eigenvalue weighted by molar-refractivity contribution is 7.92. The molecule has 3 aromatic carbocycles. The minimum atomic E-state index is -4.16. The summed E-state index contributed by atoms with van der Waals surface area (Å²) in [4.78, 5) is 11.4. The number of nitrogens with one attached hydrogen (secondary N) is 2. The van der Waals surface area contributed by atoms with Crippen molar-refractivity contribution in [2.75, 3.05) is 14.9 Å². The molecule has 0 amide bonds. The van der Waals surface area contributed by atoms with Crippen LogP contribution in [0, 0.1) is 11.6 Å². The zero-order chi connectivity index (χ0) is 25.2. The number of fused-ring (bicyclic) bond motifs is 1. The molecule has 1 unspecified atom stereocenters. The SMILES string of the molecule is CCCC1(CC(=O)O)Nc2ccc(N(Cc3cccc(F)c3)S(=O)(=O)c3ccc(F)cc3)cc2N1. The first-order valence-electron chi connectivity index (χ1n) is 11.1. The number of carbonyl (C=O) groups is 1. The summed E-state index contributed by atoms with van der Waals surface area (Å²) in [5.74, 6) is -2.04. The summed E-state index contributed by atoms with van der Waals surface area (Å²) < 4.78 is 55.6. The summed E-state index contributed by atoms with van der Waals surface area (Å²) in [7, 11) is -4.16. The molecule has 184 valence electrons. The Kier molecular flexibility index (Phi) is 6.66. The number of halogens is 2. The molecular formula is C25H25F2N3O4S. The molecule has 4 rings (SSSR count). The van der Waals surface area contributed by atoms with Crippen molar-refractivity contribution in [3.8, 4) is 0 Å². The van der Waals surface area contributed by atoms with E-state index >= 15 is 0 Å². The quantitative estimate of drug-likeness (QED) is 0.374. The van der Waals surface area contributed by atoms with Crippen LogP contribution in [0.5, 0.6) is 0 Å². The van der Waals surface area contributed by atoms with E-state index in [1.165, 1.54) is 30.3 Å². The molecule has 0 spiro atoms. The predicted molar refractivity (Wildman–Crippen MR) is 130 cm³/mol. The Morgan fingerprint density at radius 3 is 2.34 bits per heavy atom. The van der Waals surface area contributed by atoms with Crippen LogP contribution >= 0.6 is 0 Å². The van der Waals surface area contributed by atoms with Gasteiger partial charge in [-0.25, -0.2) is 17.2 Å². The third-order valence-corrected chi connectivity index (χ3v) is 7.57. The van der Waals surface area contributed by atoms with Crippen molar-refractivity contribution in [1.82, 2.24) is 0 Å². The topological polar surface area (TPSA) is 98.7 Å². The molecule has 0 radical (unpaired) electrons. The first-order valence-corrected chi connectivity index (χ1v) is 12.5. The maximum absolute atomic E-state index is 13.9. The number of carboxylic acid groups (broad SMARTS) is 1. The van der Waals surface area contributed by atoms with E-state index in [1.807, 2.05) is 6.92 Å². The average Bonchev–Trinajstić information content (AvgIpc) is 3.14. The second kappa shape index (κ2) is 9.53. The summed E-state index contributed by atoms with van der Waals surface area (Å²) in [5, 5.41) is 15.9. The van der Waals surface area contributed by atoms with Crippen LogP contribution in [0.25, 0.3) is 0 Å². The van der Waals surface area contributed by atoms with E-state index in [-0.39, 0.29) is 23.5 Å². The van der Waals surface area contributed by atoms with Crippen LogP contribution in [0.3, 0.4) is 0 Å². The van der Waals surface area contributed by atoms with Crippen molar-refractivity contribution in [2.45, 2.75) is 43.3 Å². The first-order chi connectivity index (χ1) is 16.6. The van der Waals surface area contributed by atoms with Crippen LogP contribution in [0.2, 0.25) is 0 Å². The van der Waals surface area contributed by atoms with Gasteiger partial charge in [0.2, 0.25) is 0 Å². The molecule has 3 aromatic rings. The van der Waals surface area contributed by atoms with Gasteiger partial charge in [-0.1, -0.05) is 25.5 Å². The summed E-state index contributed by atoms with van der Waals surface area (Å²) >= 11 is 0. The highest BCUT2D eigenvalue weighted by atomic mass is 32.2. The molecular weight excluding hydrogens is 476 g/mol. The van der Waals surface area contributed by atoms with Gasteiger partial charge in [0.05, 0.1) is 34.9 Å². The minimum absolute atomic E-state index is 0.118. The summed E-state index contributed by atoms with van der Waals surface area (Å²) in [6.45, 7) is 1.77. The number of sulfonamides is 1. The first kappa shape index (κ1) is 24.5. The number of benzene rings is 3. The molecule has 3 N–H and O–H groups in total. The van der Waals surface area contributed by atoms with Crippen molar-refractivity contribution in [3.63, 3.8) is 0 Å². The van der Waals surface area contributed by atoms with Crippen LogP contribution < -0.4 is 14.9 Å². The van der Waals surface area contributed by atoms with E-state index in [4.69, 9.17) is 0 Å². The molecule has 0 saturated heterocycles. The smallest absolute Gasteiger partial charge is 0.307 e. The number of nitrogens with zero attached hydrogens (tertiary/aromatic N) is 1. The lowest BCUT2D eigenvalue weighted by Gasteiger charge is -2.29. The van der Waals surface area contributed by atoms with E-state index in [0.29, 0.717) is 23.4 Å². The molecule has 0 saturated carbocycles. The van der Waals surface area contributed by atoms with Gasteiger partial charge in [-0.3, -0.25) is 9.10 Å². The lowest BCUT2D eigenvalue weighted by Crippen LogP contribution is -2.43. The second-order valence-corrected chi connectivity index (χ2v) is 10.3. The Hall–Kier alpha value is -3.66. The van der Waals surface area contributed by atoms with E-state index in [9.17, 15) is 27.1 Å². The molecule has 35 heavy (non-hydrogen) atoms. The van der Waals surface area contributed by atoms with Gasteiger partial charge in [0.25, 0.3) is 10.0 Å². The van der Waals surface area contributed by atoms with Crippen LogP contribution in [0.4, 0.5) is 25.8 Å². The molecule has 10 heteroatoms. The molecule has 0 fully saturated rings. The maximum atomic E-state index is 13.9. The summed E-state index contributed by atoms with van der Waals surface area (Å²) in [5.41, 5.74) is 1.01. The highest BCUT2D eigenvalue weighted by Gasteiger charge is 2.38. The van der Waals surface area contributed by atoms with E-state index in [1.54, 1.807) is 24.3 Å². The molecule has 1 heterocycles. The number of hydrogen-bond acceptors (Lipinski definition) is 5. The van der Waals surface area contributed by atoms with Gasteiger partial charge in [-0.05, 0) is 66.6 Å². The van der Waals surface area contributed by atoms with E-state index < -0.39 is 33.3 Å². The fourth-order valence-corrected chi connectivity index (χ4v) is 5.73. The van der Waals surface area contributed by atoms with Gasteiger partial charge in [0.15, 0.2) is 0 Å². The molecule has 7 nitrogen and oxygen atoms in total. The highest BCUT2D eigenvalue weighted by Crippen LogP contribution is 2.41. The van der Waals surface area contributed by atoms with Crippen LogP contribution in [0.1, 0.15) is 31.7 Å². The van der Waals surface area contributed by atoms with Crippen molar-refractivity contribution in [1.29, 1.82) is 0 Å². The Labute approximate surface area is 202 Å². The van der Waals surface area contributed by atoms with E-state index in [0.717, 1.165) is 22.9 Å². The molecule has 1 aliphatic heterocycles. The number of rotatable bonds is 9. The zero-order valence-corrected chi connectivity index (χ0v) is 19.8. The summed E-state index contributed by atoms with van der Waals surface area (Å²) in [6.07, 6.45) is 1.08. The van der Waals surface area contributed by atoms with Crippen LogP contribution in [-0.2, 0) is 21.4 Å². The minimum Gasteiger partial charge on any atom is -0.481 e. The van der Waals surface area contributed by atoms with Gasteiger partial charge < -0.3 is 15.7 Å². The standard InChI is InChI=1S/C25H25F2N3O4S/c1-2-12-25(15-24(31)32)28-22-11-8-20(14-23(22)29-25)30(16-17-4-3-5-19(27)13-17)35(33,34)21-9-6-18(26)7-10-21/h3-11,13-14,28-29H,2,12,15-16H2,1H3,(H,31,32). The Morgan fingerprint density at radius 1 is 0.971 bits per heavy atom. The van der Waals surface area contributed by atoms with Crippen molar-refractivity contribution in [2.24, 2.45) is 0 Å². The van der Waals surface area contributed by atoms with Crippen molar-refractivity contribution < 1.29 is 27.1 Å². The largest absolute Gasteiger partial charge is 0.481 e. The number of hydrogen-bond donors (Lipinski definition) is 3. The third-order valence-electron chi connectivity index (χ3n) is 5.79. The number of anilines is 3. The maximum Gasteiger partial charge on any atom is 0.307 e. The molecule has 1 aliphatic rings. The fourth-order valence-electron chi connectivity index (χ4n) is 4.28. The van der Waals surface area contributed by atoms with E-state index in [2.05, 4.69) is 10.6 Å².